The van der Waals surface area contributed by atoms with Gasteiger partial charge in [-0.3, -0.25) is 4.79 Å². The van der Waals surface area contributed by atoms with Crippen molar-refractivity contribution in [3.8, 4) is 0 Å². The highest BCUT2D eigenvalue weighted by Gasteiger charge is 2.75. The van der Waals surface area contributed by atoms with E-state index in [-0.39, 0.29) is 30.8 Å². The van der Waals surface area contributed by atoms with Crippen molar-refractivity contribution < 1.29 is 53.7 Å². The number of aliphatic hydroxyl groups is 4. The van der Waals surface area contributed by atoms with Crippen LogP contribution in [0.4, 0.5) is 0 Å². The number of fused-ring (bicyclic) bond motifs is 5. The molecule has 11 nitrogen and oxygen atoms in total. The third-order valence-corrected chi connectivity index (χ3v) is 12.1. The fourth-order valence-corrected chi connectivity index (χ4v) is 9.93. The molecule has 4 aliphatic carbocycles. The van der Waals surface area contributed by atoms with Gasteiger partial charge in [-0.1, -0.05) is 19.9 Å². The number of cyclic esters (lactones) is 1. The van der Waals surface area contributed by atoms with Crippen LogP contribution in [0.5, 0.6) is 0 Å². The fourth-order valence-electron chi connectivity index (χ4n) is 9.93. The second-order valence-corrected chi connectivity index (χ2v) is 14.2. The van der Waals surface area contributed by atoms with Crippen LogP contribution in [-0.4, -0.2) is 100 Å². The Bertz CT molecular complexity index is 1220. The number of esters is 2. The van der Waals surface area contributed by atoms with E-state index >= 15 is 0 Å². The van der Waals surface area contributed by atoms with Crippen LogP contribution < -0.4 is 0 Å². The third-order valence-electron chi connectivity index (χ3n) is 12.1. The zero-order valence-corrected chi connectivity index (χ0v) is 25.7. The summed E-state index contributed by atoms with van der Waals surface area (Å²) in [5.41, 5.74) is -2.59. The first kappa shape index (κ1) is 31.1. The Morgan fingerprint density at radius 1 is 1.07 bits per heavy atom. The van der Waals surface area contributed by atoms with Crippen LogP contribution in [-0.2, 0) is 33.3 Å². The van der Waals surface area contributed by atoms with E-state index in [0.29, 0.717) is 38.5 Å². The summed E-state index contributed by atoms with van der Waals surface area (Å²) in [4.78, 5) is 24.3. The molecule has 0 radical (unpaired) electrons. The summed E-state index contributed by atoms with van der Waals surface area (Å²) >= 11 is 0. The topological polar surface area (TPSA) is 161 Å². The van der Waals surface area contributed by atoms with E-state index in [4.69, 9.17) is 23.7 Å². The van der Waals surface area contributed by atoms with Gasteiger partial charge in [-0.25, -0.2) is 4.79 Å². The Hall–Kier alpha value is -1.86. The van der Waals surface area contributed by atoms with Gasteiger partial charge >= 0.3 is 11.9 Å². The molecule has 0 aromatic carbocycles. The average Bonchev–Trinajstić information content (AvgIpc) is 3.48. The van der Waals surface area contributed by atoms with E-state index < -0.39 is 70.9 Å². The molecule has 6 rings (SSSR count). The van der Waals surface area contributed by atoms with Gasteiger partial charge in [0, 0.05) is 31.9 Å². The Morgan fingerprint density at radius 3 is 2.47 bits per heavy atom. The molecule has 0 bridgehead atoms. The summed E-state index contributed by atoms with van der Waals surface area (Å²) in [6, 6.07) is 0. The SMILES string of the molecule is COC1C(O)C(C)OC(OC2C=C3C(OC(C)=O)CC4(O)C(CCC5(C)C(C6=CC(=O)OC6)CCC54O)C3(C)CC2)C1O. The van der Waals surface area contributed by atoms with Gasteiger partial charge in [0.25, 0.3) is 0 Å². The fraction of sp³-hybridized carbons (Fsp3) is 0.812. The number of hydrogen-bond donors (Lipinski definition) is 4. The molecule has 0 aromatic heterocycles. The summed E-state index contributed by atoms with van der Waals surface area (Å²) in [5.74, 6) is -1.27. The summed E-state index contributed by atoms with van der Waals surface area (Å²) in [6.45, 7) is 7.33. The Kier molecular flexibility index (Phi) is 7.68. The first-order valence-electron chi connectivity index (χ1n) is 15.6. The molecule has 4 fully saturated rings. The van der Waals surface area contributed by atoms with Crippen LogP contribution in [0.15, 0.2) is 23.3 Å². The first-order chi connectivity index (χ1) is 20.2. The molecule has 1 saturated heterocycles. The molecular formula is C32H46O11. The number of carbonyl (C=O) groups excluding carboxylic acids is 2. The van der Waals surface area contributed by atoms with Crippen molar-refractivity contribution in [2.45, 2.75) is 127 Å². The lowest BCUT2D eigenvalue weighted by molar-refractivity contribution is -0.307. The van der Waals surface area contributed by atoms with Crippen molar-refractivity contribution in [2.75, 3.05) is 13.7 Å². The highest BCUT2D eigenvalue weighted by Crippen LogP contribution is 2.71. The Morgan fingerprint density at radius 2 is 1.81 bits per heavy atom. The molecule has 11 heteroatoms. The van der Waals surface area contributed by atoms with Gasteiger partial charge in [0.15, 0.2) is 6.29 Å². The molecule has 0 spiro atoms. The highest BCUT2D eigenvalue weighted by molar-refractivity contribution is 5.85. The van der Waals surface area contributed by atoms with Gasteiger partial charge in [0.1, 0.15) is 36.6 Å². The maximum absolute atomic E-state index is 12.7. The van der Waals surface area contributed by atoms with Crippen LogP contribution in [0.2, 0.25) is 0 Å². The molecule has 43 heavy (non-hydrogen) atoms. The second kappa shape index (κ2) is 10.6. The lowest BCUT2D eigenvalue weighted by Gasteiger charge is -2.66. The van der Waals surface area contributed by atoms with E-state index in [0.717, 1.165) is 11.1 Å². The van der Waals surface area contributed by atoms with Crippen molar-refractivity contribution in [1.29, 1.82) is 0 Å². The monoisotopic (exact) mass is 606 g/mol. The summed E-state index contributed by atoms with van der Waals surface area (Å²) in [6.07, 6.45) is 0.937. The molecule has 240 valence electrons. The maximum Gasteiger partial charge on any atom is 0.331 e. The van der Waals surface area contributed by atoms with Gasteiger partial charge < -0.3 is 44.1 Å². The summed E-state index contributed by atoms with van der Waals surface area (Å²) in [7, 11) is 1.42. The van der Waals surface area contributed by atoms with Crippen molar-refractivity contribution >= 4 is 11.9 Å². The molecule has 13 unspecified atom stereocenters. The minimum absolute atomic E-state index is 0.0379. The molecule has 4 N–H and O–H groups in total. The van der Waals surface area contributed by atoms with Crippen LogP contribution in [0.1, 0.15) is 72.6 Å². The standard InChI is InChI=1S/C32H46O11/c1-16-25(35)27(39-5)26(36)28(41-16)43-19-6-9-29(3)21(13-19)22(42-17(2)33)14-31(37)23(29)8-10-30(4)20(7-11-32(30,31)38)18-12-24(34)40-15-18/h12-13,16,19-20,22-23,25-28,35-38H,6-11,14-15H2,1-5H3. The van der Waals surface area contributed by atoms with Crippen molar-refractivity contribution in [3.63, 3.8) is 0 Å². The Balaban J connectivity index is 1.32. The van der Waals surface area contributed by atoms with E-state index in [9.17, 15) is 30.0 Å². The van der Waals surface area contributed by atoms with Crippen LogP contribution in [0.3, 0.4) is 0 Å². The van der Waals surface area contributed by atoms with Crippen molar-refractivity contribution in [1.82, 2.24) is 0 Å². The number of methoxy groups -OCH3 is 1. The quantitative estimate of drug-likeness (QED) is 0.266. The molecule has 0 aromatic rings. The van der Waals surface area contributed by atoms with Gasteiger partial charge in [0.2, 0.25) is 0 Å². The molecular weight excluding hydrogens is 560 g/mol. The smallest absolute Gasteiger partial charge is 0.331 e. The predicted octanol–water partition coefficient (Wildman–Crippen LogP) is 1.69. The molecule has 3 saturated carbocycles. The minimum Gasteiger partial charge on any atom is -0.458 e. The van der Waals surface area contributed by atoms with Gasteiger partial charge in [-0.05, 0) is 73.8 Å². The summed E-state index contributed by atoms with van der Waals surface area (Å²) in [5, 5.41) is 46.6. The highest BCUT2D eigenvalue weighted by atomic mass is 16.7. The van der Waals surface area contributed by atoms with E-state index in [1.54, 1.807) is 6.92 Å². The van der Waals surface area contributed by atoms with Gasteiger partial charge in [-0.15, -0.1) is 0 Å². The zero-order valence-electron chi connectivity index (χ0n) is 25.7. The molecule has 2 heterocycles. The predicted molar refractivity (Wildman–Crippen MR) is 150 cm³/mol. The number of rotatable bonds is 5. The summed E-state index contributed by atoms with van der Waals surface area (Å²) < 4.78 is 28.5. The molecule has 2 aliphatic heterocycles. The first-order valence-corrected chi connectivity index (χ1v) is 15.6. The van der Waals surface area contributed by atoms with Crippen molar-refractivity contribution in [3.05, 3.63) is 23.3 Å². The normalized spacial score (nSPS) is 51.0. The van der Waals surface area contributed by atoms with Gasteiger partial charge in [0.05, 0.1) is 17.8 Å². The van der Waals surface area contributed by atoms with E-state index in [1.165, 1.54) is 20.1 Å². The lowest BCUT2D eigenvalue weighted by Crippen LogP contribution is -2.73. The molecule has 0 amide bonds. The van der Waals surface area contributed by atoms with E-state index in [2.05, 4.69) is 6.92 Å². The van der Waals surface area contributed by atoms with Crippen LogP contribution in [0, 0.1) is 22.7 Å². The van der Waals surface area contributed by atoms with Gasteiger partial charge in [-0.2, -0.15) is 0 Å². The molecule has 13 atom stereocenters. The number of carbonyl (C=O) groups is 2. The Labute approximate surface area is 252 Å². The lowest BCUT2D eigenvalue weighted by atomic mass is 9.42. The largest absolute Gasteiger partial charge is 0.458 e. The number of aliphatic hydroxyl groups excluding tert-OH is 2. The van der Waals surface area contributed by atoms with Crippen LogP contribution >= 0.6 is 0 Å². The van der Waals surface area contributed by atoms with Crippen molar-refractivity contribution in [2.24, 2.45) is 22.7 Å². The minimum atomic E-state index is -1.54. The average molecular weight is 607 g/mol. The third kappa shape index (κ3) is 4.48. The second-order valence-electron chi connectivity index (χ2n) is 14.2. The molecule has 6 aliphatic rings. The number of hydrogen-bond acceptors (Lipinski definition) is 11. The van der Waals surface area contributed by atoms with Crippen LogP contribution in [0.25, 0.3) is 0 Å². The zero-order chi connectivity index (χ0) is 31.1. The maximum atomic E-state index is 12.7. The number of ether oxygens (including phenoxy) is 5. The van der Waals surface area contributed by atoms with E-state index in [1.807, 2.05) is 13.0 Å².